The number of phosphoric ester groups is 1. The van der Waals surface area contributed by atoms with Crippen molar-refractivity contribution in [2.45, 2.75) is 187 Å². The van der Waals surface area contributed by atoms with E-state index in [1.54, 1.807) is 0 Å². The van der Waals surface area contributed by atoms with Crippen molar-refractivity contribution in [2.24, 2.45) is 0 Å². The number of nitrogens with zero attached hydrogens (tertiary/aromatic N) is 1. The summed E-state index contributed by atoms with van der Waals surface area (Å²) in [5, 5.41) is 0. The molecule has 0 aromatic heterocycles. The number of esters is 2. The average molecular weight is 811 g/mol. The molecule has 9 nitrogen and oxygen atoms in total. The van der Waals surface area contributed by atoms with Crippen molar-refractivity contribution in [3.63, 3.8) is 0 Å². The predicted octanol–water partition coefficient (Wildman–Crippen LogP) is 12.7. The lowest BCUT2D eigenvalue weighted by atomic mass is 10.1. The van der Waals surface area contributed by atoms with Crippen LogP contribution in [0.5, 0.6) is 0 Å². The molecule has 0 aromatic carbocycles. The van der Waals surface area contributed by atoms with E-state index in [-0.39, 0.29) is 26.1 Å². The summed E-state index contributed by atoms with van der Waals surface area (Å²) in [5.74, 6) is -0.886. The van der Waals surface area contributed by atoms with Gasteiger partial charge in [0.1, 0.15) is 19.8 Å². The van der Waals surface area contributed by atoms with E-state index in [0.717, 1.165) is 44.9 Å². The van der Waals surface area contributed by atoms with Crippen LogP contribution in [0, 0.1) is 0 Å². The molecule has 0 rings (SSSR count). The lowest BCUT2D eigenvalue weighted by Crippen LogP contribution is -2.37. The summed E-state index contributed by atoms with van der Waals surface area (Å²) in [6, 6.07) is 0. The third-order valence-electron chi connectivity index (χ3n) is 9.33. The standard InChI is InChI=1S/C46H84NO8P/c1-6-8-10-12-14-16-18-20-22-23-25-26-28-30-32-34-36-38-45(48)52-42-44(43-54-56(50,51)53-41-40-47(3,4)5)55-46(49)39-37-35-33-31-29-27-24-21-19-17-15-13-11-9-7-2/h20,22,25-26,29-32,44H,6-19,21,23-24,27-28,33-43H2,1-5H3/p+1/b22-20+,26-25+,31-29+,32-30+/t44-/m1/s1. The fourth-order valence-corrected chi connectivity index (χ4v) is 6.53. The van der Waals surface area contributed by atoms with Crippen LogP contribution in [-0.4, -0.2) is 74.9 Å². The Labute approximate surface area is 343 Å². The number of hydrogen-bond donors (Lipinski definition) is 1. The van der Waals surface area contributed by atoms with Crippen LogP contribution in [0.2, 0.25) is 0 Å². The second-order valence-corrected chi connectivity index (χ2v) is 17.5. The highest BCUT2D eigenvalue weighted by molar-refractivity contribution is 7.47. The molecule has 0 bridgehead atoms. The Kier molecular flexibility index (Phi) is 37.1. The number of carbonyl (C=O) groups excluding carboxylic acids is 2. The van der Waals surface area contributed by atoms with Gasteiger partial charge in [-0.25, -0.2) is 4.57 Å². The van der Waals surface area contributed by atoms with Crippen LogP contribution in [0.1, 0.15) is 181 Å². The molecule has 0 fully saturated rings. The van der Waals surface area contributed by atoms with E-state index in [0.29, 0.717) is 23.9 Å². The van der Waals surface area contributed by atoms with E-state index in [1.165, 1.54) is 96.3 Å². The van der Waals surface area contributed by atoms with Crippen molar-refractivity contribution >= 4 is 19.8 Å². The maximum Gasteiger partial charge on any atom is 0.472 e. The van der Waals surface area contributed by atoms with Crippen LogP contribution >= 0.6 is 7.82 Å². The van der Waals surface area contributed by atoms with E-state index in [4.69, 9.17) is 18.5 Å². The molecule has 0 saturated heterocycles. The zero-order chi connectivity index (χ0) is 41.4. The number of carbonyl (C=O) groups is 2. The highest BCUT2D eigenvalue weighted by atomic mass is 31.2. The van der Waals surface area contributed by atoms with Gasteiger partial charge in [0.25, 0.3) is 0 Å². The van der Waals surface area contributed by atoms with Crippen LogP contribution in [0.3, 0.4) is 0 Å². The Morgan fingerprint density at radius 2 is 0.982 bits per heavy atom. The number of hydrogen-bond acceptors (Lipinski definition) is 7. The third-order valence-corrected chi connectivity index (χ3v) is 10.3. The lowest BCUT2D eigenvalue weighted by molar-refractivity contribution is -0.870. The minimum atomic E-state index is -4.39. The van der Waals surface area contributed by atoms with Crippen molar-refractivity contribution in [3.8, 4) is 0 Å². The topological polar surface area (TPSA) is 108 Å². The van der Waals surface area contributed by atoms with Crippen molar-refractivity contribution in [1.82, 2.24) is 0 Å². The number of ether oxygens (including phenoxy) is 2. The Morgan fingerprint density at radius 3 is 1.50 bits per heavy atom. The van der Waals surface area contributed by atoms with Gasteiger partial charge in [-0.05, 0) is 70.6 Å². The molecule has 0 spiro atoms. The molecule has 0 heterocycles. The first-order chi connectivity index (χ1) is 27.0. The molecule has 10 heteroatoms. The van der Waals surface area contributed by atoms with Crippen LogP contribution in [-0.2, 0) is 32.7 Å². The first-order valence-electron chi connectivity index (χ1n) is 22.4. The van der Waals surface area contributed by atoms with Crippen molar-refractivity contribution < 1.29 is 42.1 Å². The Bertz CT molecular complexity index is 1100. The number of likely N-dealkylation sites (N-methyl/N-ethyl adjacent to an activating group) is 1. The van der Waals surface area contributed by atoms with E-state index >= 15 is 0 Å². The number of rotatable bonds is 40. The monoisotopic (exact) mass is 811 g/mol. The third kappa shape index (κ3) is 41.6. The van der Waals surface area contributed by atoms with Crippen molar-refractivity contribution in [1.29, 1.82) is 0 Å². The maximum atomic E-state index is 12.7. The number of phosphoric acid groups is 1. The zero-order valence-electron chi connectivity index (χ0n) is 36.6. The second kappa shape index (κ2) is 38.5. The molecule has 1 N–H and O–H groups in total. The molecule has 0 amide bonds. The van der Waals surface area contributed by atoms with Crippen molar-refractivity contribution in [2.75, 3.05) is 47.5 Å². The van der Waals surface area contributed by atoms with Gasteiger partial charge in [0.05, 0.1) is 27.7 Å². The molecule has 0 aromatic rings. The van der Waals surface area contributed by atoms with Crippen LogP contribution in [0.15, 0.2) is 48.6 Å². The highest BCUT2D eigenvalue weighted by Crippen LogP contribution is 2.43. The Hall–Kier alpha value is -2.03. The van der Waals surface area contributed by atoms with E-state index in [9.17, 15) is 19.0 Å². The molecule has 326 valence electrons. The second-order valence-electron chi connectivity index (χ2n) is 16.1. The molecule has 0 aliphatic rings. The molecule has 2 atom stereocenters. The van der Waals surface area contributed by atoms with Gasteiger partial charge in [0.15, 0.2) is 6.10 Å². The summed E-state index contributed by atoms with van der Waals surface area (Å²) in [7, 11) is 1.44. The summed E-state index contributed by atoms with van der Waals surface area (Å²) < 4.78 is 34.2. The number of quaternary nitrogens is 1. The smallest absolute Gasteiger partial charge is 0.462 e. The quantitative estimate of drug-likeness (QED) is 0.0214. The largest absolute Gasteiger partial charge is 0.472 e. The zero-order valence-corrected chi connectivity index (χ0v) is 37.5. The van der Waals surface area contributed by atoms with Crippen LogP contribution < -0.4 is 0 Å². The van der Waals surface area contributed by atoms with Gasteiger partial charge in [0.2, 0.25) is 0 Å². The maximum absolute atomic E-state index is 12.7. The molecule has 56 heavy (non-hydrogen) atoms. The van der Waals surface area contributed by atoms with Crippen LogP contribution in [0.4, 0.5) is 0 Å². The minimum absolute atomic E-state index is 0.0196. The predicted molar refractivity (Wildman–Crippen MR) is 233 cm³/mol. The summed E-state index contributed by atoms with van der Waals surface area (Å²) in [6.45, 7) is 4.33. The first-order valence-corrected chi connectivity index (χ1v) is 23.9. The average Bonchev–Trinajstić information content (AvgIpc) is 3.15. The van der Waals surface area contributed by atoms with Gasteiger partial charge < -0.3 is 18.9 Å². The van der Waals surface area contributed by atoms with E-state index < -0.39 is 32.5 Å². The number of allylic oxidation sites excluding steroid dienone is 8. The van der Waals surface area contributed by atoms with Gasteiger partial charge >= 0.3 is 19.8 Å². The molecule has 0 radical (unpaired) electrons. The lowest BCUT2D eigenvalue weighted by Gasteiger charge is -2.24. The SMILES string of the molecule is CCCCCCCC/C=C/C/C=C/C/C=C/CCCC(=O)OC[C@H](COP(=O)(O)OCC[N+](C)(C)C)OC(=O)CCCC/C=C/CCCCCCCCCCC. The van der Waals surface area contributed by atoms with Gasteiger partial charge in [-0.2, -0.15) is 0 Å². The summed E-state index contributed by atoms with van der Waals surface area (Å²) in [6.07, 6.45) is 44.6. The molecule has 0 saturated carbocycles. The number of unbranched alkanes of at least 4 members (excludes halogenated alkanes) is 18. The summed E-state index contributed by atoms with van der Waals surface area (Å²) in [4.78, 5) is 35.3. The molecular weight excluding hydrogens is 725 g/mol. The summed E-state index contributed by atoms with van der Waals surface area (Å²) in [5.41, 5.74) is 0. The van der Waals surface area contributed by atoms with E-state index in [1.807, 2.05) is 21.1 Å². The molecule has 0 aliphatic heterocycles. The first kappa shape index (κ1) is 54.0. The van der Waals surface area contributed by atoms with Gasteiger partial charge in [-0.1, -0.05) is 146 Å². The normalized spacial score (nSPS) is 14.0. The van der Waals surface area contributed by atoms with Crippen molar-refractivity contribution in [3.05, 3.63) is 48.6 Å². The van der Waals surface area contributed by atoms with Gasteiger partial charge in [0, 0.05) is 12.8 Å². The highest BCUT2D eigenvalue weighted by Gasteiger charge is 2.27. The molecular formula is C46H85NO8P+. The Morgan fingerprint density at radius 1 is 0.554 bits per heavy atom. The van der Waals surface area contributed by atoms with Crippen LogP contribution in [0.25, 0.3) is 0 Å². The minimum Gasteiger partial charge on any atom is -0.462 e. The fraction of sp³-hybridized carbons (Fsp3) is 0.783. The van der Waals surface area contributed by atoms with E-state index in [2.05, 4.69) is 62.5 Å². The molecule has 0 aliphatic carbocycles. The summed E-state index contributed by atoms with van der Waals surface area (Å²) >= 11 is 0. The Balaban J connectivity index is 4.47. The van der Waals surface area contributed by atoms with Gasteiger partial charge in [-0.15, -0.1) is 0 Å². The fourth-order valence-electron chi connectivity index (χ4n) is 5.79. The molecule has 1 unspecified atom stereocenters. The van der Waals surface area contributed by atoms with Gasteiger partial charge in [-0.3, -0.25) is 18.6 Å².